The SMILES string of the molecule is COc1ccccc1NC(=O)CN1C(=O)CCSc2ccc(S(=O)(=O)N3CCCC3)cc21. The Balaban J connectivity index is 1.63. The van der Waals surface area contributed by atoms with E-state index in [4.69, 9.17) is 4.74 Å². The maximum absolute atomic E-state index is 13.1. The number of carbonyl (C=O) groups excluding carboxylic acids is 2. The van der Waals surface area contributed by atoms with Gasteiger partial charge in [0.1, 0.15) is 12.3 Å². The number of amides is 2. The lowest BCUT2D eigenvalue weighted by molar-refractivity contribution is -0.121. The van der Waals surface area contributed by atoms with Crippen molar-refractivity contribution in [3.63, 3.8) is 0 Å². The van der Waals surface area contributed by atoms with Crippen LogP contribution in [-0.2, 0) is 19.6 Å². The summed E-state index contributed by atoms with van der Waals surface area (Å²) in [6.07, 6.45) is 1.94. The Labute approximate surface area is 192 Å². The molecule has 32 heavy (non-hydrogen) atoms. The minimum Gasteiger partial charge on any atom is -0.495 e. The second-order valence-corrected chi connectivity index (χ2v) is 10.6. The Morgan fingerprint density at radius 1 is 1.16 bits per heavy atom. The number of nitrogens with one attached hydrogen (secondary N) is 1. The van der Waals surface area contributed by atoms with E-state index in [0.717, 1.165) is 17.7 Å². The summed E-state index contributed by atoms with van der Waals surface area (Å²) < 4.78 is 32.8. The van der Waals surface area contributed by atoms with Gasteiger partial charge in [0.15, 0.2) is 0 Å². The van der Waals surface area contributed by atoms with E-state index in [-0.39, 0.29) is 23.8 Å². The lowest BCUT2D eigenvalue weighted by Crippen LogP contribution is -2.38. The molecule has 2 heterocycles. The summed E-state index contributed by atoms with van der Waals surface area (Å²) in [7, 11) is -2.13. The topological polar surface area (TPSA) is 96.0 Å². The van der Waals surface area contributed by atoms with Crippen LogP contribution in [0.3, 0.4) is 0 Å². The summed E-state index contributed by atoms with van der Waals surface area (Å²) >= 11 is 1.48. The largest absolute Gasteiger partial charge is 0.495 e. The number of fused-ring (bicyclic) bond motifs is 1. The van der Waals surface area contributed by atoms with Crippen LogP contribution in [0.1, 0.15) is 19.3 Å². The Hall–Kier alpha value is -2.56. The number of carbonyl (C=O) groups is 2. The lowest BCUT2D eigenvalue weighted by atomic mass is 10.2. The van der Waals surface area contributed by atoms with Crippen molar-refractivity contribution >= 4 is 45.0 Å². The summed E-state index contributed by atoms with van der Waals surface area (Å²) in [5.74, 6) is 0.461. The van der Waals surface area contributed by atoms with Crippen molar-refractivity contribution < 1.29 is 22.7 Å². The van der Waals surface area contributed by atoms with Crippen LogP contribution in [0.4, 0.5) is 11.4 Å². The number of sulfonamides is 1. The normalized spacial score (nSPS) is 17.0. The fraction of sp³-hybridized carbons (Fsp3) is 0.364. The highest BCUT2D eigenvalue weighted by Crippen LogP contribution is 2.37. The molecule has 4 rings (SSSR count). The van der Waals surface area contributed by atoms with E-state index >= 15 is 0 Å². The van der Waals surface area contributed by atoms with Crippen molar-refractivity contribution in [1.29, 1.82) is 0 Å². The van der Waals surface area contributed by atoms with Crippen molar-refractivity contribution in [3.8, 4) is 5.75 Å². The van der Waals surface area contributed by atoms with Gasteiger partial charge in [0.25, 0.3) is 0 Å². The molecule has 0 unspecified atom stereocenters. The molecular weight excluding hydrogens is 450 g/mol. The van der Waals surface area contributed by atoms with Crippen molar-refractivity contribution in [1.82, 2.24) is 4.31 Å². The number of para-hydroxylation sites is 2. The molecule has 0 aromatic heterocycles. The summed E-state index contributed by atoms with van der Waals surface area (Å²) in [5, 5.41) is 2.78. The standard InChI is InChI=1S/C22H25N3O5S2/c1-30-19-7-3-2-6-17(19)23-21(26)15-25-18-14-16(32(28,29)24-11-4-5-12-24)8-9-20(18)31-13-10-22(25)27/h2-3,6-9,14H,4-5,10-13,15H2,1H3,(H,23,26). The van der Waals surface area contributed by atoms with Crippen molar-refractivity contribution in [3.05, 3.63) is 42.5 Å². The van der Waals surface area contributed by atoms with E-state index in [2.05, 4.69) is 5.32 Å². The Morgan fingerprint density at radius 3 is 2.66 bits per heavy atom. The molecular formula is C22H25N3O5S2. The summed E-state index contributed by atoms with van der Waals surface area (Å²) in [6.45, 7) is 0.772. The molecule has 1 saturated heterocycles. The maximum Gasteiger partial charge on any atom is 0.244 e. The Bertz CT molecular complexity index is 1130. The highest BCUT2D eigenvalue weighted by molar-refractivity contribution is 7.99. The van der Waals surface area contributed by atoms with Gasteiger partial charge in [-0.3, -0.25) is 9.59 Å². The van der Waals surface area contributed by atoms with Crippen LogP contribution in [-0.4, -0.2) is 57.0 Å². The van der Waals surface area contributed by atoms with E-state index in [9.17, 15) is 18.0 Å². The van der Waals surface area contributed by atoms with E-state index in [0.29, 0.717) is 36.0 Å². The number of rotatable bonds is 6. The summed E-state index contributed by atoms with van der Waals surface area (Å²) in [5.41, 5.74) is 0.954. The van der Waals surface area contributed by atoms with Gasteiger partial charge < -0.3 is 15.0 Å². The minimum atomic E-state index is -3.64. The van der Waals surface area contributed by atoms with Gasteiger partial charge in [0.2, 0.25) is 21.8 Å². The van der Waals surface area contributed by atoms with E-state index < -0.39 is 15.9 Å². The number of ether oxygens (including phenoxy) is 1. The molecule has 2 amide bonds. The number of methoxy groups -OCH3 is 1. The second kappa shape index (κ2) is 9.51. The molecule has 2 aliphatic rings. The molecule has 8 nitrogen and oxygen atoms in total. The third kappa shape index (κ3) is 4.62. The minimum absolute atomic E-state index is 0.142. The lowest BCUT2D eigenvalue weighted by Gasteiger charge is -2.24. The number of hydrogen-bond donors (Lipinski definition) is 1. The quantitative estimate of drug-likeness (QED) is 0.690. The first-order valence-electron chi connectivity index (χ1n) is 10.4. The van der Waals surface area contributed by atoms with Crippen LogP contribution in [0, 0.1) is 0 Å². The fourth-order valence-electron chi connectivity index (χ4n) is 3.84. The summed E-state index contributed by atoms with van der Waals surface area (Å²) in [6, 6.07) is 11.9. The number of anilines is 2. The molecule has 0 bridgehead atoms. The van der Waals surface area contributed by atoms with Crippen LogP contribution in [0.5, 0.6) is 5.75 Å². The van der Waals surface area contributed by atoms with Crippen molar-refractivity contribution in [2.75, 3.05) is 42.7 Å². The first kappa shape index (κ1) is 22.6. The molecule has 0 saturated carbocycles. The highest BCUT2D eigenvalue weighted by Gasteiger charge is 2.31. The first-order chi connectivity index (χ1) is 15.4. The van der Waals surface area contributed by atoms with Gasteiger partial charge in [-0.15, -0.1) is 11.8 Å². The third-order valence-electron chi connectivity index (χ3n) is 5.48. The van der Waals surface area contributed by atoms with Gasteiger partial charge in [0.05, 0.1) is 23.4 Å². The molecule has 0 radical (unpaired) electrons. The second-order valence-electron chi connectivity index (χ2n) is 7.57. The molecule has 0 spiro atoms. The monoisotopic (exact) mass is 475 g/mol. The van der Waals surface area contributed by atoms with E-state index in [1.165, 1.54) is 34.1 Å². The zero-order valence-corrected chi connectivity index (χ0v) is 19.4. The molecule has 2 aromatic rings. The highest BCUT2D eigenvalue weighted by atomic mass is 32.2. The Kier molecular flexibility index (Phi) is 6.73. The zero-order valence-electron chi connectivity index (χ0n) is 17.7. The molecule has 1 N–H and O–H groups in total. The van der Waals surface area contributed by atoms with Gasteiger partial charge in [-0.2, -0.15) is 4.31 Å². The van der Waals surface area contributed by atoms with Gasteiger partial charge >= 0.3 is 0 Å². The van der Waals surface area contributed by atoms with Crippen LogP contribution < -0.4 is 15.0 Å². The molecule has 2 aliphatic heterocycles. The number of hydrogen-bond acceptors (Lipinski definition) is 6. The molecule has 1 fully saturated rings. The predicted octanol–water partition coefficient (Wildman–Crippen LogP) is 2.95. The number of nitrogens with zero attached hydrogens (tertiary/aromatic N) is 2. The van der Waals surface area contributed by atoms with Gasteiger partial charge in [-0.05, 0) is 43.2 Å². The van der Waals surface area contributed by atoms with Gasteiger partial charge in [-0.1, -0.05) is 12.1 Å². The van der Waals surface area contributed by atoms with Crippen molar-refractivity contribution in [2.45, 2.75) is 29.1 Å². The van der Waals surface area contributed by atoms with Crippen LogP contribution >= 0.6 is 11.8 Å². The average Bonchev–Trinajstić information content (AvgIpc) is 3.29. The molecule has 170 valence electrons. The number of thioether (sulfide) groups is 1. The zero-order chi connectivity index (χ0) is 22.7. The van der Waals surface area contributed by atoms with Crippen LogP contribution in [0.25, 0.3) is 0 Å². The fourth-order valence-corrected chi connectivity index (χ4v) is 6.36. The van der Waals surface area contributed by atoms with Crippen LogP contribution in [0.2, 0.25) is 0 Å². The Morgan fingerprint density at radius 2 is 1.91 bits per heavy atom. The smallest absolute Gasteiger partial charge is 0.244 e. The van der Waals surface area contributed by atoms with E-state index in [1.54, 1.807) is 36.4 Å². The third-order valence-corrected chi connectivity index (χ3v) is 8.44. The molecule has 10 heteroatoms. The van der Waals surface area contributed by atoms with E-state index in [1.807, 2.05) is 0 Å². The summed E-state index contributed by atoms with van der Waals surface area (Å²) in [4.78, 5) is 28.0. The number of benzene rings is 2. The first-order valence-corrected chi connectivity index (χ1v) is 12.8. The molecule has 0 atom stereocenters. The maximum atomic E-state index is 13.1. The molecule has 2 aromatic carbocycles. The van der Waals surface area contributed by atoms with Crippen LogP contribution in [0.15, 0.2) is 52.3 Å². The van der Waals surface area contributed by atoms with Gasteiger partial charge in [0, 0.05) is 30.2 Å². The predicted molar refractivity (Wildman–Crippen MR) is 124 cm³/mol. The molecule has 0 aliphatic carbocycles. The van der Waals surface area contributed by atoms with Crippen molar-refractivity contribution in [2.24, 2.45) is 0 Å². The van der Waals surface area contributed by atoms with Gasteiger partial charge in [-0.25, -0.2) is 8.42 Å². The average molecular weight is 476 g/mol.